The van der Waals surface area contributed by atoms with Gasteiger partial charge < -0.3 is 0 Å². The molecule has 1 rings (SSSR count). The van der Waals surface area contributed by atoms with Gasteiger partial charge >= 0.3 is 0 Å². The maximum absolute atomic E-state index is 5.75. The molecule has 0 aliphatic rings. The van der Waals surface area contributed by atoms with Crippen LogP contribution in [0.25, 0.3) is 0 Å². The summed E-state index contributed by atoms with van der Waals surface area (Å²) in [7, 11) is 0. The van der Waals surface area contributed by atoms with Crippen LogP contribution in [0.3, 0.4) is 0 Å². The van der Waals surface area contributed by atoms with E-state index in [-0.39, 0.29) is 12.4 Å². The van der Waals surface area contributed by atoms with E-state index in [4.69, 9.17) is 11.6 Å². The van der Waals surface area contributed by atoms with Gasteiger partial charge in [-0.05, 0) is 38.0 Å². The third-order valence-electron chi connectivity index (χ3n) is 1.82. The average Bonchev–Trinajstić information content (AvgIpc) is 1.85. The number of pyridine rings is 1. The lowest BCUT2D eigenvalue weighted by Crippen LogP contribution is -1.95. The number of hydrogen-bond donors (Lipinski definition) is 0. The maximum atomic E-state index is 5.75. The van der Waals surface area contributed by atoms with Crippen molar-refractivity contribution in [3.63, 3.8) is 0 Å². The minimum atomic E-state index is 0. The zero-order valence-electron chi connectivity index (χ0n) is 7.52. The fourth-order valence-electron chi connectivity index (χ4n) is 1.25. The highest BCUT2D eigenvalue weighted by atomic mass is 35.5. The van der Waals surface area contributed by atoms with Gasteiger partial charge in [-0.1, -0.05) is 0 Å². The fourth-order valence-corrected chi connectivity index (χ4v) is 1.66. The summed E-state index contributed by atoms with van der Waals surface area (Å²) in [5, 5.41) is 0. The summed E-state index contributed by atoms with van der Waals surface area (Å²) < 4.78 is 0. The Morgan fingerprint density at radius 2 is 1.92 bits per heavy atom. The molecule has 12 heavy (non-hydrogen) atoms. The van der Waals surface area contributed by atoms with E-state index in [1.165, 1.54) is 5.56 Å². The standard InChI is InChI=1S/C9H12ClN.ClH/c1-6-4-7(2)11-8(3)9(6)5-10;/h4H,5H2,1-3H3;1H. The third-order valence-corrected chi connectivity index (χ3v) is 2.08. The largest absolute Gasteiger partial charge is 0.258 e. The quantitative estimate of drug-likeness (QED) is 0.643. The van der Waals surface area contributed by atoms with Gasteiger partial charge in [0.1, 0.15) is 0 Å². The minimum Gasteiger partial charge on any atom is -0.258 e. The van der Waals surface area contributed by atoms with Crippen LogP contribution in [0.4, 0.5) is 0 Å². The molecule has 0 spiro atoms. The van der Waals surface area contributed by atoms with Crippen LogP contribution in [0, 0.1) is 20.8 Å². The molecule has 0 N–H and O–H groups in total. The number of aryl methyl sites for hydroxylation is 3. The molecule has 0 bridgehead atoms. The molecule has 68 valence electrons. The molecule has 0 radical (unpaired) electrons. The first kappa shape index (κ1) is 11.7. The van der Waals surface area contributed by atoms with E-state index in [0.717, 1.165) is 17.0 Å². The van der Waals surface area contributed by atoms with Gasteiger partial charge in [-0.2, -0.15) is 0 Å². The van der Waals surface area contributed by atoms with Crippen LogP contribution in [0.2, 0.25) is 0 Å². The third kappa shape index (κ3) is 2.36. The normalized spacial score (nSPS) is 9.33. The summed E-state index contributed by atoms with van der Waals surface area (Å²) in [5.41, 5.74) is 4.52. The van der Waals surface area contributed by atoms with Crippen LogP contribution < -0.4 is 0 Å². The molecule has 0 unspecified atom stereocenters. The summed E-state index contributed by atoms with van der Waals surface area (Å²) in [6.45, 7) is 6.06. The van der Waals surface area contributed by atoms with Crippen molar-refractivity contribution in [2.45, 2.75) is 26.7 Å². The van der Waals surface area contributed by atoms with Crippen LogP contribution in [0.15, 0.2) is 6.07 Å². The highest BCUT2D eigenvalue weighted by Gasteiger charge is 2.02. The Balaban J connectivity index is 0.00000121. The summed E-state index contributed by atoms with van der Waals surface area (Å²) >= 11 is 5.75. The lowest BCUT2D eigenvalue weighted by molar-refractivity contribution is 1.05. The predicted molar refractivity (Wildman–Crippen MR) is 55.3 cm³/mol. The summed E-state index contributed by atoms with van der Waals surface area (Å²) in [6, 6.07) is 2.06. The van der Waals surface area contributed by atoms with Gasteiger partial charge in [0.05, 0.1) is 0 Å². The smallest absolute Gasteiger partial charge is 0.0494 e. The lowest BCUT2D eigenvalue weighted by atomic mass is 10.1. The van der Waals surface area contributed by atoms with E-state index in [0.29, 0.717) is 5.88 Å². The van der Waals surface area contributed by atoms with Crippen molar-refractivity contribution < 1.29 is 0 Å². The topological polar surface area (TPSA) is 12.9 Å². The molecule has 0 atom stereocenters. The SMILES string of the molecule is Cc1cc(C)c(CCl)c(C)n1.Cl. The van der Waals surface area contributed by atoms with Crippen LogP contribution in [-0.4, -0.2) is 4.98 Å². The Morgan fingerprint density at radius 3 is 2.33 bits per heavy atom. The molecule has 0 fully saturated rings. The Hall–Kier alpha value is -0.270. The second-order valence-electron chi connectivity index (χ2n) is 2.78. The molecule has 0 aliphatic heterocycles. The van der Waals surface area contributed by atoms with Crippen molar-refractivity contribution in [3.05, 3.63) is 28.6 Å². The Kier molecular flexibility index (Phi) is 4.58. The predicted octanol–water partition coefficient (Wildman–Crippen LogP) is 3.17. The molecule has 0 saturated carbocycles. The van der Waals surface area contributed by atoms with Crippen LogP contribution >= 0.6 is 24.0 Å². The van der Waals surface area contributed by atoms with E-state index in [9.17, 15) is 0 Å². The van der Waals surface area contributed by atoms with Crippen LogP contribution in [0.5, 0.6) is 0 Å². The molecule has 3 heteroatoms. The number of alkyl halides is 1. The molecular formula is C9H13Cl2N. The van der Waals surface area contributed by atoms with Gasteiger partial charge in [-0.3, -0.25) is 4.98 Å². The molecule has 0 saturated heterocycles. The van der Waals surface area contributed by atoms with E-state index >= 15 is 0 Å². The van der Waals surface area contributed by atoms with E-state index in [1.54, 1.807) is 0 Å². The molecule has 1 aromatic heterocycles. The van der Waals surface area contributed by atoms with Crippen LogP contribution in [-0.2, 0) is 5.88 Å². The molecule has 1 nitrogen and oxygen atoms in total. The Labute approximate surface area is 84.6 Å². The van der Waals surface area contributed by atoms with Gasteiger partial charge in [0.2, 0.25) is 0 Å². The monoisotopic (exact) mass is 205 g/mol. The van der Waals surface area contributed by atoms with Gasteiger partial charge in [-0.25, -0.2) is 0 Å². The molecule has 0 aliphatic carbocycles. The molecule has 0 aromatic carbocycles. The van der Waals surface area contributed by atoms with Gasteiger partial charge in [0.15, 0.2) is 0 Å². The summed E-state index contributed by atoms with van der Waals surface area (Å²) in [5.74, 6) is 0.560. The van der Waals surface area contributed by atoms with Crippen molar-refractivity contribution >= 4 is 24.0 Å². The van der Waals surface area contributed by atoms with Crippen molar-refractivity contribution in [3.8, 4) is 0 Å². The lowest BCUT2D eigenvalue weighted by Gasteiger charge is -2.06. The van der Waals surface area contributed by atoms with Crippen molar-refractivity contribution in [1.82, 2.24) is 4.98 Å². The number of aromatic nitrogens is 1. The zero-order valence-corrected chi connectivity index (χ0v) is 9.09. The average molecular weight is 206 g/mol. The first-order valence-electron chi connectivity index (χ1n) is 3.65. The highest BCUT2D eigenvalue weighted by Crippen LogP contribution is 2.14. The summed E-state index contributed by atoms with van der Waals surface area (Å²) in [4.78, 5) is 4.32. The molecule has 1 heterocycles. The van der Waals surface area contributed by atoms with Gasteiger partial charge in [-0.15, -0.1) is 24.0 Å². The molecular weight excluding hydrogens is 193 g/mol. The number of nitrogens with zero attached hydrogens (tertiary/aromatic N) is 1. The van der Waals surface area contributed by atoms with Gasteiger partial charge in [0, 0.05) is 17.3 Å². The fraction of sp³-hybridized carbons (Fsp3) is 0.444. The zero-order chi connectivity index (χ0) is 8.43. The van der Waals surface area contributed by atoms with Crippen LogP contribution in [0.1, 0.15) is 22.5 Å². The van der Waals surface area contributed by atoms with Crippen molar-refractivity contribution in [2.24, 2.45) is 0 Å². The number of rotatable bonds is 1. The second kappa shape index (κ2) is 4.68. The molecule has 1 aromatic rings. The minimum absolute atomic E-state index is 0. The van der Waals surface area contributed by atoms with E-state index < -0.39 is 0 Å². The first-order valence-corrected chi connectivity index (χ1v) is 4.18. The first-order chi connectivity index (χ1) is 5.15. The number of hydrogen-bond acceptors (Lipinski definition) is 1. The van der Waals surface area contributed by atoms with E-state index in [1.807, 2.05) is 13.8 Å². The highest BCUT2D eigenvalue weighted by molar-refractivity contribution is 6.17. The maximum Gasteiger partial charge on any atom is 0.0494 e. The molecule has 0 amide bonds. The number of halogens is 2. The van der Waals surface area contributed by atoms with Crippen molar-refractivity contribution in [2.75, 3.05) is 0 Å². The second-order valence-corrected chi connectivity index (χ2v) is 3.05. The van der Waals surface area contributed by atoms with E-state index in [2.05, 4.69) is 18.0 Å². The van der Waals surface area contributed by atoms with Gasteiger partial charge in [0.25, 0.3) is 0 Å². The summed E-state index contributed by atoms with van der Waals surface area (Å²) in [6.07, 6.45) is 0. The Bertz CT molecular complexity index is 248. The Morgan fingerprint density at radius 1 is 1.33 bits per heavy atom. The van der Waals surface area contributed by atoms with Crippen molar-refractivity contribution in [1.29, 1.82) is 0 Å².